The zero-order chi connectivity index (χ0) is 18.2. The molecule has 3 aromatic rings. The summed E-state index contributed by atoms with van der Waals surface area (Å²) in [7, 11) is 2.15. The van der Waals surface area contributed by atoms with Crippen LogP contribution in [0.3, 0.4) is 0 Å². The number of aromatic nitrogens is 4. The Labute approximate surface area is 158 Å². The number of pyridine rings is 1. The van der Waals surface area contributed by atoms with Crippen LogP contribution < -0.4 is 15.5 Å². The van der Waals surface area contributed by atoms with Crippen molar-refractivity contribution < 1.29 is 0 Å². The van der Waals surface area contributed by atoms with Crippen LogP contribution in [0.2, 0.25) is 0 Å². The maximum Gasteiger partial charge on any atom is 0.230 e. The maximum atomic E-state index is 4.74. The third kappa shape index (κ3) is 3.22. The quantitative estimate of drug-likeness (QED) is 0.728. The number of nitrogens with one attached hydrogen (secondary N) is 2. The van der Waals surface area contributed by atoms with Gasteiger partial charge in [0, 0.05) is 63.1 Å². The highest BCUT2D eigenvalue weighted by molar-refractivity contribution is 5.78. The minimum atomic E-state index is 0.588. The van der Waals surface area contributed by atoms with E-state index < -0.39 is 0 Å². The monoisotopic (exact) mass is 364 g/mol. The Bertz CT molecular complexity index is 942. The summed E-state index contributed by atoms with van der Waals surface area (Å²) in [5.74, 6) is 1.35. The molecular weight excluding hydrogens is 340 g/mol. The van der Waals surface area contributed by atoms with Crippen LogP contribution in [0.25, 0.3) is 11.0 Å². The number of hydrogen-bond donors (Lipinski definition) is 2. The number of piperazine rings is 1. The second-order valence-electron chi connectivity index (χ2n) is 7.26. The number of likely N-dealkylation sites (N-methyl/N-ethyl adjacent to an activating group) is 1. The lowest BCUT2D eigenvalue weighted by Gasteiger charge is -2.29. The van der Waals surface area contributed by atoms with E-state index in [1.807, 2.05) is 18.5 Å². The Morgan fingerprint density at radius 1 is 1.04 bits per heavy atom. The highest BCUT2D eigenvalue weighted by Crippen LogP contribution is 2.23. The van der Waals surface area contributed by atoms with Crippen LogP contribution in [-0.2, 0) is 13.1 Å². The van der Waals surface area contributed by atoms with E-state index in [4.69, 9.17) is 4.98 Å². The maximum absolute atomic E-state index is 4.74. The molecule has 8 nitrogen and oxygen atoms in total. The Kier molecular flexibility index (Phi) is 4.14. The molecule has 0 aliphatic carbocycles. The lowest BCUT2D eigenvalue weighted by molar-refractivity contribution is 0.272. The molecule has 0 bridgehead atoms. The standard InChI is InChI=1S/C19H24N8/c1-25-8-9-27-16(13-25)10-14-11-22-19(24-18(14)27)23-17-3-2-15(12-21-17)26-6-4-20-5-7-26/h2-3,10-12,20H,4-9,13H2,1H3,(H,21,22,23,24). The molecule has 0 radical (unpaired) electrons. The molecule has 0 spiro atoms. The van der Waals surface area contributed by atoms with Gasteiger partial charge in [0.15, 0.2) is 0 Å². The third-order valence-corrected chi connectivity index (χ3v) is 5.33. The number of anilines is 3. The largest absolute Gasteiger partial charge is 0.368 e. The van der Waals surface area contributed by atoms with Crippen molar-refractivity contribution in [2.24, 2.45) is 0 Å². The molecule has 140 valence electrons. The van der Waals surface area contributed by atoms with Gasteiger partial charge in [0.1, 0.15) is 11.5 Å². The first kappa shape index (κ1) is 16.5. The lowest BCUT2D eigenvalue weighted by Crippen LogP contribution is -2.43. The summed E-state index contributed by atoms with van der Waals surface area (Å²) >= 11 is 0. The van der Waals surface area contributed by atoms with Crippen molar-refractivity contribution in [2.45, 2.75) is 13.1 Å². The number of rotatable bonds is 3. The molecule has 0 unspecified atom stereocenters. The second-order valence-corrected chi connectivity index (χ2v) is 7.26. The Hall–Kier alpha value is -2.71. The fourth-order valence-corrected chi connectivity index (χ4v) is 3.85. The van der Waals surface area contributed by atoms with Gasteiger partial charge in [-0.15, -0.1) is 0 Å². The molecule has 0 amide bonds. The van der Waals surface area contributed by atoms with Crippen molar-refractivity contribution in [2.75, 3.05) is 50.0 Å². The van der Waals surface area contributed by atoms with Gasteiger partial charge in [-0.2, -0.15) is 4.98 Å². The molecular formula is C19H24N8. The van der Waals surface area contributed by atoms with Crippen LogP contribution in [-0.4, -0.2) is 64.2 Å². The fourth-order valence-electron chi connectivity index (χ4n) is 3.85. The van der Waals surface area contributed by atoms with Crippen molar-refractivity contribution in [3.05, 3.63) is 36.3 Å². The van der Waals surface area contributed by atoms with Crippen LogP contribution in [0.1, 0.15) is 5.69 Å². The summed E-state index contributed by atoms with van der Waals surface area (Å²) in [4.78, 5) is 18.4. The highest BCUT2D eigenvalue weighted by Gasteiger charge is 2.17. The smallest absolute Gasteiger partial charge is 0.230 e. The highest BCUT2D eigenvalue weighted by atomic mass is 15.2. The van der Waals surface area contributed by atoms with Crippen molar-refractivity contribution in [3.8, 4) is 0 Å². The lowest BCUT2D eigenvalue weighted by atomic mass is 10.3. The van der Waals surface area contributed by atoms with Crippen molar-refractivity contribution in [3.63, 3.8) is 0 Å². The predicted molar refractivity (Wildman–Crippen MR) is 106 cm³/mol. The van der Waals surface area contributed by atoms with Crippen LogP contribution >= 0.6 is 0 Å². The van der Waals surface area contributed by atoms with E-state index in [1.54, 1.807) is 0 Å². The topological polar surface area (TPSA) is 74.1 Å². The van der Waals surface area contributed by atoms with Gasteiger partial charge in [-0.25, -0.2) is 9.97 Å². The minimum absolute atomic E-state index is 0.588. The molecule has 2 aliphatic rings. The zero-order valence-electron chi connectivity index (χ0n) is 15.5. The zero-order valence-corrected chi connectivity index (χ0v) is 15.5. The van der Waals surface area contributed by atoms with E-state index in [2.05, 4.69) is 54.1 Å². The molecule has 1 saturated heterocycles. The van der Waals surface area contributed by atoms with E-state index in [1.165, 1.54) is 5.69 Å². The predicted octanol–water partition coefficient (Wildman–Crippen LogP) is 1.42. The normalized spacial score (nSPS) is 17.9. The van der Waals surface area contributed by atoms with Crippen LogP contribution in [0.4, 0.5) is 17.5 Å². The minimum Gasteiger partial charge on any atom is -0.368 e. The van der Waals surface area contributed by atoms with Crippen molar-refractivity contribution in [1.29, 1.82) is 0 Å². The average molecular weight is 364 g/mol. The number of fused-ring (bicyclic) bond motifs is 3. The second kappa shape index (κ2) is 6.79. The molecule has 0 atom stereocenters. The van der Waals surface area contributed by atoms with Crippen LogP contribution in [0, 0.1) is 0 Å². The van der Waals surface area contributed by atoms with Crippen molar-refractivity contribution >= 4 is 28.5 Å². The molecule has 5 heterocycles. The average Bonchev–Trinajstić information content (AvgIpc) is 3.06. The van der Waals surface area contributed by atoms with Crippen molar-refractivity contribution in [1.82, 2.24) is 29.7 Å². The van der Waals surface area contributed by atoms with Gasteiger partial charge in [-0.05, 0) is 25.2 Å². The molecule has 0 saturated carbocycles. The van der Waals surface area contributed by atoms with Gasteiger partial charge < -0.3 is 20.1 Å². The third-order valence-electron chi connectivity index (χ3n) is 5.33. The van der Waals surface area contributed by atoms with Gasteiger partial charge in [0.25, 0.3) is 0 Å². The number of nitrogens with zero attached hydrogens (tertiary/aromatic N) is 6. The Morgan fingerprint density at radius 3 is 2.74 bits per heavy atom. The first-order valence-electron chi connectivity index (χ1n) is 9.49. The molecule has 2 aliphatic heterocycles. The SMILES string of the molecule is CN1CCn2c(cc3cnc(Nc4ccc(N5CCNCC5)cn4)nc32)C1. The van der Waals surface area contributed by atoms with Gasteiger partial charge in [-0.3, -0.25) is 4.90 Å². The fraction of sp³-hybridized carbons (Fsp3) is 0.421. The molecule has 2 N–H and O–H groups in total. The summed E-state index contributed by atoms with van der Waals surface area (Å²) in [6.45, 7) is 7.03. The van der Waals surface area contributed by atoms with E-state index in [0.717, 1.165) is 68.4 Å². The molecule has 8 heteroatoms. The van der Waals surface area contributed by atoms with E-state index in [0.29, 0.717) is 5.95 Å². The van der Waals surface area contributed by atoms with E-state index in [9.17, 15) is 0 Å². The van der Waals surface area contributed by atoms with Crippen LogP contribution in [0.15, 0.2) is 30.6 Å². The number of hydrogen-bond acceptors (Lipinski definition) is 7. The molecule has 5 rings (SSSR count). The van der Waals surface area contributed by atoms with Gasteiger partial charge in [0.2, 0.25) is 5.95 Å². The summed E-state index contributed by atoms with van der Waals surface area (Å²) < 4.78 is 2.29. The van der Waals surface area contributed by atoms with E-state index >= 15 is 0 Å². The van der Waals surface area contributed by atoms with Gasteiger partial charge >= 0.3 is 0 Å². The molecule has 27 heavy (non-hydrogen) atoms. The van der Waals surface area contributed by atoms with E-state index in [-0.39, 0.29) is 0 Å². The summed E-state index contributed by atoms with van der Waals surface area (Å²) in [5, 5.41) is 7.70. The molecule has 1 fully saturated rings. The first-order valence-corrected chi connectivity index (χ1v) is 9.49. The van der Waals surface area contributed by atoms with Gasteiger partial charge in [-0.1, -0.05) is 0 Å². The Balaban J connectivity index is 1.36. The molecule has 3 aromatic heterocycles. The Morgan fingerprint density at radius 2 is 1.93 bits per heavy atom. The summed E-state index contributed by atoms with van der Waals surface area (Å²) in [6, 6.07) is 6.29. The van der Waals surface area contributed by atoms with Crippen LogP contribution in [0.5, 0.6) is 0 Å². The van der Waals surface area contributed by atoms with Gasteiger partial charge in [0.05, 0.1) is 11.9 Å². The summed E-state index contributed by atoms with van der Waals surface area (Å²) in [6.07, 6.45) is 3.81. The first-order chi connectivity index (χ1) is 13.3. The molecule has 0 aromatic carbocycles. The summed E-state index contributed by atoms with van der Waals surface area (Å²) in [5.41, 5.74) is 3.44.